The minimum absolute atomic E-state index is 0.0810. The van der Waals surface area contributed by atoms with Gasteiger partial charge in [0.25, 0.3) is 5.91 Å². The molecular formula is C25H23N3O5. The first-order valence-electron chi connectivity index (χ1n) is 10.5. The number of nitrogens with one attached hydrogen (secondary N) is 1. The molecule has 1 saturated heterocycles. The van der Waals surface area contributed by atoms with Crippen LogP contribution in [0.1, 0.15) is 24.7 Å². The third-order valence-electron chi connectivity index (χ3n) is 5.37. The van der Waals surface area contributed by atoms with Crippen LogP contribution in [0.5, 0.6) is 0 Å². The quantitative estimate of drug-likeness (QED) is 0.563. The SMILES string of the molecule is CC(=O)Nc1ccc(N2C(=O)CC(N(Cc3ccco3)C(=O)Cc3ccccc3)C2=O)cc1. The second-order valence-corrected chi connectivity index (χ2v) is 7.78. The van der Waals surface area contributed by atoms with Crippen molar-refractivity contribution < 1.29 is 23.6 Å². The van der Waals surface area contributed by atoms with E-state index in [9.17, 15) is 19.2 Å². The Bertz CT molecular complexity index is 1160. The number of hydrogen-bond donors (Lipinski definition) is 1. The van der Waals surface area contributed by atoms with Crippen molar-refractivity contribution in [2.45, 2.75) is 32.4 Å². The Hall–Kier alpha value is -4.20. The van der Waals surface area contributed by atoms with Gasteiger partial charge in [-0.05, 0) is 42.0 Å². The topological polar surface area (TPSA) is 99.9 Å². The fraction of sp³-hybridized carbons (Fsp3) is 0.200. The summed E-state index contributed by atoms with van der Waals surface area (Å²) < 4.78 is 5.40. The van der Waals surface area contributed by atoms with E-state index in [2.05, 4.69) is 5.32 Å². The van der Waals surface area contributed by atoms with E-state index < -0.39 is 17.9 Å². The number of imide groups is 1. The monoisotopic (exact) mass is 445 g/mol. The van der Waals surface area contributed by atoms with E-state index in [1.165, 1.54) is 18.1 Å². The number of carbonyl (C=O) groups is 4. The number of anilines is 2. The van der Waals surface area contributed by atoms with Crippen molar-refractivity contribution in [3.63, 3.8) is 0 Å². The van der Waals surface area contributed by atoms with Crippen molar-refractivity contribution in [2.24, 2.45) is 0 Å². The molecule has 1 fully saturated rings. The lowest BCUT2D eigenvalue weighted by Gasteiger charge is -2.27. The minimum atomic E-state index is -0.936. The number of carbonyl (C=O) groups excluding carboxylic acids is 4. The molecule has 0 saturated carbocycles. The van der Waals surface area contributed by atoms with Gasteiger partial charge in [-0.15, -0.1) is 0 Å². The summed E-state index contributed by atoms with van der Waals surface area (Å²) in [6.07, 6.45) is 1.48. The molecule has 1 unspecified atom stereocenters. The van der Waals surface area contributed by atoms with Crippen LogP contribution in [0, 0.1) is 0 Å². The molecule has 0 radical (unpaired) electrons. The minimum Gasteiger partial charge on any atom is -0.467 e. The molecule has 2 aromatic carbocycles. The van der Waals surface area contributed by atoms with E-state index in [1.54, 1.807) is 36.4 Å². The van der Waals surface area contributed by atoms with Crippen molar-refractivity contribution in [3.8, 4) is 0 Å². The van der Waals surface area contributed by atoms with E-state index >= 15 is 0 Å². The molecule has 8 heteroatoms. The highest BCUT2D eigenvalue weighted by Crippen LogP contribution is 2.28. The Morgan fingerprint density at radius 3 is 2.39 bits per heavy atom. The summed E-state index contributed by atoms with van der Waals surface area (Å²) in [7, 11) is 0. The molecule has 0 bridgehead atoms. The molecule has 3 aromatic rings. The number of benzene rings is 2. The van der Waals surface area contributed by atoms with Gasteiger partial charge in [0.2, 0.25) is 17.7 Å². The van der Waals surface area contributed by atoms with Gasteiger partial charge in [-0.3, -0.25) is 19.2 Å². The van der Waals surface area contributed by atoms with Crippen LogP contribution in [-0.2, 0) is 32.1 Å². The molecule has 1 atom stereocenters. The number of hydrogen-bond acceptors (Lipinski definition) is 5. The predicted octanol–water partition coefficient (Wildman–Crippen LogP) is 3.14. The molecular weight excluding hydrogens is 422 g/mol. The fourth-order valence-corrected chi connectivity index (χ4v) is 3.84. The van der Waals surface area contributed by atoms with Crippen molar-refractivity contribution in [1.29, 1.82) is 0 Å². The second kappa shape index (κ2) is 9.52. The maximum atomic E-state index is 13.3. The van der Waals surface area contributed by atoms with Gasteiger partial charge >= 0.3 is 0 Å². The normalized spacial score (nSPS) is 15.5. The van der Waals surface area contributed by atoms with Crippen molar-refractivity contribution >= 4 is 35.0 Å². The van der Waals surface area contributed by atoms with Crippen LogP contribution in [0.25, 0.3) is 0 Å². The number of amides is 4. The van der Waals surface area contributed by atoms with Crippen molar-refractivity contribution in [2.75, 3.05) is 10.2 Å². The lowest BCUT2D eigenvalue weighted by Crippen LogP contribution is -2.45. The Labute approximate surface area is 190 Å². The van der Waals surface area contributed by atoms with Crippen LogP contribution in [0.3, 0.4) is 0 Å². The van der Waals surface area contributed by atoms with Gasteiger partial charge in [-0.1, -0.05) is 30.3 Å². The average Bonchev–Trinajstić information content (AvgIpc) is 3.40. The molecule has 0 spiro atoms. The summed E-state index contributed by atoms with van der Waals surface area (Å²) in [6, 6.07) is 18.1. The van der Waals surface area contributed by atoms with Gasteiger partial charge in [-0.25, -0.2) is 4.90 Å². The lowest BCUT2D eigenvalue weighted by molar-refractivity contribution is -0.138. The maximum absolute atomic E-state index is 13.3. The molecule has 1 N–H and O–H groups in total. The van der Waals surface area contributed by atoms with Crippen LogP contribution >= 0.6 is 0 Å². The summed E-state index contributed by atoms with van der Waals surface area (Å²) in [6.45, 7) is 1.48. The molecule has 1 aliphatic rings. The summed E-state index contributed by atoms with van der Waals surface area (Å²) in [5.41, 5.74) is 1.75. The summed E-state index contributed by atoms with van der Waals surface area (Å²) in [4.78, 5) is 53.1. The Balaban J connectivity index is 1.57. The highest BCUT2D eigenvalue weighted by atomic mass is 16.3. The number of nitrogens with zero attached hydrogens (tertiary/aromatic N) is 2. The van der Waals surface area contributed by atoms with Crippen molar-refractivity contribution in [3.05, 3.63) is 84.3 Å². The summed E-state index contributed by atoms with van der Waals surface area (Å²) in [5, 5.41) is 2.64. The lowest BCUT2D eigenvalue weighted by atomic mass is 10.1. The third-order valence-corrected chi connectivity index (χ3v) is 5.37. The van der Waals surface area contributed by atoms with Gasteiger partial charge in [0.05, 0.1) is 31.3 Å². The molecule has 4 amide bonds. The van der Waals surface area contributed by atoms with Gasteiger partial charge in [0, 0.05) is 12.6 Å². The first-order chi connectivity index (χ1) is 15.9. The highest BCUT2D eigenvalue weighted by Gasteiger charge is 2.44. The van der Waals surface area contributed by atoms with Gasteiger partial charge < -0.3 is 14.6 Å². The molecule has 1 aliphatic heterocycles. The predicted molar refractivity (Wildman–Crippen MR) is 121 cm³/mol. The summed E-state index contributed by atoms with van der Waals surface area (Å²) >= 11 is 0. The molecule has 8 nitrogen and oxygen atoms in total. The number of rotatable bonds is 7. The van der Waals surface area contributed by atoms with Gasteiger partial charge in [0.1, 0.15) is 11.8 Å². The zero-order valence-corrected chi connectivity index (χ0v) is 18.1. The molecule has 33 heavy (non-hydrogen) atoms. The smallest absolute Gasteiger partial charge is 0.257 e. The molecule has 0 aliphatic carbocycles. The summed E-state index contributed by atoms with van der Waals surface area (Å²) in [5.74, 6) is -0.836. The first kappa shape index (κ1) is 22.0. The second-order valence-electron chi connectivity index (χ2n) is 7.78. The molecule has 168 valence electrons. The van der Waals surface area contributed by atoms with Gasteiger partial charge in [-0.2, -0.15) is 0 Å². The fourth-order valence-electron chi connectivity index (χ4n) is 3.84. The van der Waals surface area contributed by atoms with E-state index in [4.69, 9.17) is 4.42 Å². The van der Waals surface area contributed by atoms with Crippen LogP contribution < -0.4 is 10.2 Å². The zero-order valence-electron chi connectivity index (χ0n) is 18.1. The molecule has 4 rings (SSSR count). The average molecular weight is 445 g/mol. The largest absolute Gasteiger partial charge is 0.467 e. The zero-order chi connectivity index (χ0) is 23.4. The third kappa shape index (κ3) is 5.01. The maximum Gasteiger partial charge on any atom is 0.257 e. The standard InChI is InChI=1S/C25H23N3O5/c1-17(29)26-19-9-11-20(12-10-19)28-24(31)15-22(25(28)32)27(16-21-8-5-13-33-21)23(30)14-18-6-3-2-4-7-18/h2-13,22H,14-16H2,1H3,(H,26,29). The Morgan fingerprint density at radius 2 is 1.76 bits per heavy atom. The van der Waals surface area contributed by atoms with Crippen LogP contribution in [0.4, 0.5) is 11.4 Å². The van der Waals surface area contributed by atoms with Gasteiger partial charge in [0.15, 0.2) is 0 Å². The van der Waals surface area contributed by atoms with E-state index in [1.807, 2.05) is 30.3 Å². The van der Waals surface area contributed by atoms with Crippen LogP contribution in [-0.4, -0.2) is 34.6 Å². The van der Waals surface area contributed by atoms with E-state index in [-0.39, 0.29) is 31.2 Å². The van der Waals surface area contributed by atoms with Crippen LogP contribution in [0.15, 0.2) is 77.4 Å². The van der Waals surface area contributed by atoms with E-state index in [0.717, 1.165) is 10.5 Å². The molecule has 2 heterocycles. The van der Waals surface area contributed by atoms with E-state index in [0.29, 0.717) is 17.1 Å². The highest BCUT2D eigenvalue weighted by molar-refractivity contribution is 6.23. The number of furan rings is 1. The molecule has 1 aromatic heterocycles. The Morgan fingerprint density at radius 1 is 1.03 bits per heavy atom. The Kier molecular flexibility index (Phi) is 6.35. The van der Waals surface area contributed by atoms with Crippen LogP contribution in [0.2, 0.25) is 0 Å². The first-order valence-corrected chi connectivity index (χ1v) is 10.5. The van der Waals surface area contributed by atoms with Crippen molar-refractivity contribution in [1.82, 2.24) is 4.90 Å².